The second kappa shape index (κ2) is 8.76. The Kier molecular flexibility index (Phi) is 7.27. The van der Waals surface area contributed by atoms with Crippen molar-refractivity contribution in [1.29, 1.82) is 0 Å². The molecule has 1 rings (SSSR count). The summed E-state index contributed by atoms with van der Waals surface area (Å²) in [6.45, 7) is 2.58. The normalized spacial score (nSPS) is 10.8. The Hall–Kier alpha value is -1.28. The van der Waals surface area contributed by atoms with Gasteiger partial charge in [-0.25, -0.2) is 8.78 Å². The Bertz CT molecular complexity index is 383. The molecule has 108 valence electrons. The highest BCUT2D eigenvalue weighted by molar-refractivity contribution is 6.28. The quantitative estimate of drug-likeness (QED) is 0.679. The smallest absolute Gasteiger partial charge is 0.261 e. The summed E-state index contributed by atoms with van der Waals surface area (Å²) in [5.41, 5.74) is 0. The molecule has 1 aromatic heterocycles. The lowest BCUT2D eigenvalue weighted by Crippen LogP contribution is -2.15. The van der Waals surface area contributed by atoms with Crippen molar-refractivity contribution in [3.63, 3.8) is 0 Å². The lowest BCUT2D eigenvalue weighted by molar-refractivity contribution is 0.0214. The summed E-state index contributed by atoms with van der Waals surface area (Å²) in [6, 6.07) is 0. The standard InChI is InChI=1S/C10H16ClF2N5O/c1-2-3-14-9-16-8(11)17-10(18-9)15-4-5-19-6-7(12)13/h7H,2-6H2,1H3,(H2,14,15,16,17,18). The number of rotatable bonds is 9. The molecule has 0 saturated heterocycles. The predicted molar refractivity (Wildman–Crippen MR) is 68.9 cm³/mol. The van der Waals surface area contributed by atoms with Gasteiger partial charge in [0.15, 0.2) is 0 Å². The van der Waals surface area contributed by atoms with Gasteiger partial charge < -0.3 is 15.4 Å². The van der Waals surface area contributed by atoms with Crippen LogP contribution in [0.2, 0.25) is 5.28 Å². The van der Waals surface area contributed by atoms with E-state index in [1.54, 1.807) is 0 Å². The van der Waals surface area contributed by atoms with E-state index in [1.807, 2.05) is 6.92 Å². The first-order valence-electron chi connectivity index (χ1n) is 5.87. The molecule has 19 heavy (non-hydrogen) atoms. The molecule has 1 heterocycles. The van der Waals surface area contributed by atoms with Crippen molar-refractivity contribution in [3.05, 3.63) is 5.28 Å². The second-order valence-electron chi connectivity index (χ2n) is 3.57. The number of halogens is 3. The number of ether oxygens (including phenoxy) is 1. The van der Waals surface area contributed by atoms with Crippen LogP contribution in [-0.2, 0) is 4.74 Å². The van der Waals surface area contributed by atoms with E-state index in [2.05, 4.69) is 25.6 Å². The molecular formula is C10H16ClF2N5O. The number of hydrogen-bond acceptors (Lipinski definition) is 6. The zero-order valence-corrected chi connectivity index (χ0v) is 11.3. The zero-order valence-electron chi connectivity index (χ0n) is 10.5. The molecule has 0 aromatic carbocycles. The molecule has 2 N–H and O–H groups in total. The van der Waals surface area contributed by atoms with Crippen LogP contribution in [0, 0.1) is 0 Å². The van der Waals surface area contributed by atoms with Gasteiger partial charge in [0.25, 0.3) is 6.43 Å². The minimum Gasteiger partial charge on any atom is -0.374 e. The number of alkyl halides is 2. The fourth-order valence-electron chi connectivity index (χ4n) is 1.15. The van der Waals surface area contributed by atoms with E-state index in [4.69, 9.17) is 16.3 Å². The molecule has 0 aliphatic carbocycles. The monoisotopic (exact) mass is 295 g/mol. The number of aromatic nitrogens is 3. The molecule has 0 radical (unpaired) electrons. The van der Waals surface area contributed by atoms with Crippen molar-refractivity contribution in [2.45, 2.75) is 19.8 Å². The summed E-state index contributed by atoms with van der Waals surface area (Å²) >= 11 is 5.74. The molecule has 6 nitrogen and oxygen atoms in total. The fraction of sp³-hybridized carbons (Fsp3) is 0.700. The maximum atomic E-state index is 11.8. The molecule has 0 spiro atoms. The topological polar surface area (TPSA) is 72.0 Å². The van der Waals surface area contributed by atoms with Crippen LogP contribution >= 0.6 is 11.6 Å². The molecule has 0 bridgehead atoms. The van der Waals surface area contributed by atoms with Gasteiger partial charge in [-0.15, -0.1) is 0 Å². The third kappa shape index (κ3) is 7.02. The minimum absolute atomic E-state index is 0.0598. The second-order valence-corrected chi connectivity index (χ2v) is 3.91. The van der Waals surface area contributed by atoms with Gasteiger partial charge in [0.05, 0.1) is 6.61 Å². The molecule has 0 saturated carbocycles. The first-order valence-corrected chi connectivity index (χ1v) is 6.24. The highest BCUT2D eigenvalue weighted by atomic mass is 35.5. The molecule has 0 aliphatic heterocycles. The van der Waals surface area contributed by atoms with Crippen molar-refractivity contribution < 1.29 is 13.5 Å². The Morgan fingerprint density at radius 2 is 1.79 bits per heavy atom. The number of hydrogen-bond donors (Lipinski definition) is 2. The van der Waals surface area contributed by atoms with Crippen LogP contribution in [0.15, 0.2) is 0 Å². The Balaban J connectivity index is 2.38. The average molecular weight is 296 g/mol. The number of nitrogens with one attached hydrogen (secondary N) is 2. The Morgan fingerprint density at radius 3 is 2.37 bits per heavy atom. The third-order valence-corrected chi connectivity index (χ3v) is 2.08. The lowest BCUT2D eigenvalue weighted by Gasteiger charge is -2.08. The van der Waals surface area contributed by atoms with Crippen LogP contribution in [-0.4, -0.2) is 47.7 Å². The van der Waals surface area contributed by atoms with Crippen molar-refractivity contribution in [2.24, 2.45) is 0 Å². The Morgan fingerprint density at radius 1 is 1.16 bits per heavy atom. The SMILES string of the molecule is CCCNc1nc(Cl)nc(NCCOCC(F)F)n1. The summed E-state index contributed by atoms with van der Waals surface area (Å²) in [7, 11) is 0. The number of anilines is 2. The minimum atomic E-state index is -2.46. The van der Waals surface area contributed by atoms with Gasteiger partial charge in [-0.1, -0.05) is 6.92 Å². The first kappa shape index (κ1) is 15.8. The molecule has 0 unspecified atom stereocenters. The van der Waals surface area contributed by atoms with Gasteiger partial charge in [0, 0.05) is 13.1 Å². The van der Waals surface area contributed by atoms with Gasteiger partial charge >= 0.3 is 0 Å². The number of nitrogens with zero attached hydrogens (tertiary/aromatic N) is 3. The molecule has 0 fully saturated rings. The van der Waals surface area contributed by atoms with Crippen LogP contribution in [0.3, 0.4) is 0 Å². The fourth-order valence-corrected chi connectivity index (χ4v) is 1.31. The van der Waals surface area contributed by atoms with E-state index in [9.17, 15) is 8.78 Å². The summed E-state index contributed by atoms with van der Waals surface area (Å²) < 4.78 is 28.3. The van der Waals surface area contributed by atoms with Crippen LogP contribution < -0.4 is 10.6 Å². The molecular weight excluding hydrogens is 280 g/mol. The van der Waals surface area contributed by atoms with Crippen molar-refractivity contribution >= 4 is 23.5 Å². The third-order valence-electron chi connectivity index (χ3n) is 1.91. The lowest BCUT2D eigenvalue weighted by atomic mass is 10.5. The van der Waals surface area contributed by atoms with E-state index in [-0.39, 0.29) is 17.8 Å². The summed E-state index contributed by atoms with van der Waals surface area (Å²) in [5.74, 6) is 0.650. The van der Waals surface area contributed by atoms with Gasteiger partial charge in [-0.2, -0.15) is 15.0 Å². The van der Waals surface area contributed by atoms with Gasteiger partial charge in [-0.05, 0) is 18.0 Å². The molecule has 0 atom stereocenters. The van der Waals surface area contributed by atoms with Crippen LogP contribution in [0.25, 0.3) is 0 Å². The highest BCUT2D eigenvalue weighted by Gasteiger charge is 2.05. The summed E-state index contributed by atoms with van der Waals surface area (Å²) in [6.07, 6.45) is -1.54. The van der Waals surface area contributed by atoms with Crippen molar-refractivity contribution in [2.75, 3.05) is 36.9 Å². The summed E-state index contributed by atoms with van der Waals surface area (Å²) in [5, 5.41) is 5.85. The van der Waals surface area contributed by atoms with E-state index in [1.165, 1.54) is 0 Å². The van der Waals surface area contributed by atoms with Crippen molar-refractivity contribution in [3.8, 4) is 0 Å². The van der Waals surface area contributed by atoms with E-state index in [0.717, 1.165) is 13.0 Å². The predicted octanol–water partition coefficient (Wildman–Crippen LogP) is 2.04. The van der Waals surface area contributed by atoms with Crippen molar-refractivity contribution in [1.82, 2.24) is 15.0 Å². The molecule has 1 aromatic rings. The average Bonchev–Trinajstić information content (AvgIpc) is 2.35. The van der Waals surface area contributed by atoms with Crippen LogP contribution in [0.4, 0.5) is 20.7 Å². The Labute approximate surface area is 114 Å². The van der Waals surface area contributed by atoms with E-state index in [0.29, 0.717) is 12.5 Å². The highest BCUT2D eigenvalue weighted by Crippen LogP contribution is 2.09. The molecule has 0 amide bonds. The maximum Gasteiger partial charge on any atom is 0.261 e. The summed E-state index contributed by atoms with van der Waals surface area (Å²) in [4.78, 5) is 11.8. The van der Waals surface area contributed by atoms with Crippen LogP contribution in [0.5, 0.6) is 0 Å². The van der Waals surface area contributed by atoms with Crippen LogP contribution in [0.1, 0.15) is 13.3 Å². The molecule has 0 aliphatic rings. The first-order chi connectivity index (χ1) is 9.11. The van der Waals surface area contributed by atoms with Gasteiger partial charge in [0.1, 0.15) is 6.61 Å². The van der Waals surface area contributed by atoms with Gasteiger partial charge in [-0.3, -0.25) is 0 Å². The van der Waals surface area contributed by atoms with E-state index < -0.39 is 13.0 Å². The zero-order chi connectivity index (χ0) is 14.1. The largest absolute Gasteiger partial charge is 0.374 e. The van der Waals surface area contributed by atoms with E-state index >= 15 is 0 Å². The molecule has 9 heteroatoms. The van der Waals surface area contributed by atoms with Gasteiger partial charge in [0.2, 0.25) is 17.2 Å². The maximum absolute atomic E-state index is 11.8.